The van der Waals surface area contributed by atoms with Crippen LogP contribution < -0.4 is 5.32 Å². The number of carboxylic acid groups (broad SMARTS) is 1. The van der Waals surface area contributed by atoms with Gasteiger partial charge in [0, 0.05) is 5.92 Å². The lowest BCUT2D eigenvalue weighted by Crippen LogP contribution is -2.40. The fourth-order valence-corrected chi connectivity index (χ4v) is 3.40. The van der Waals surface area contributed by atoms with Crippen LogP contribution in [0.1, 0.15) is 28.2 Å². The number of benzene rings is 2. The van der Waals surface area contributed by atoms with Crippen molar-refractivity contribution < 1.29 is 18.7 Å². The Morgan fingerprint density at radius 1 is 1.13 bits per heavy atom. The number of rotatable bonds is 3. The molecule has 0 heterocycles. The molecule has 0 spiro atoms. The van der Waals surface area contributed by atoms with Gasteiger partial charge in [0.1, 0.15) is 6.04 Å². The summed E-state index contributed by atoms with van der Waals surface area (Å²) in [6, 6.07) is 8.95. The van der Waals surface area contributed by atoms with E-state index in [1.165, 1.54) is 6.07 Å². The molecule has 3 rings (SSSR count). The highest BCUT2D eigenvalue weighted by Crippen LogP contribution is 2.37. The summed E-state index contributed by atoms with van der Waals surface area (Å²) in [5.41, 5.74) is 3.05. The molecule has 1 aliphatic carbocycles. The van der Waals surface area contributed by atoms with Crippen LogP contribution in [0.3, 0.4) is 0 Å². The predicted octanol–water partition coefficient (Wildman–Crippen LogP) is 2.87. The molecule has 0 bridgehead atoms. The topological polar surface area (TPSA) is 49.3 Å². The maximum absolute atomic E-state index is 13.8. The normalized spacial score (nSPS) is 17.8. The van der Waals surface area contributed by atoms with Gasteiger partial charge in [-0.25, -0.2) is 8.78 Å². The highest BCUT2D eigenvalue weighted by molar-refractivity contribution is 5.76. The molecule has 0 saturated heterocycles. The van der Waals surface area contributed by atoms with E-state index in [2.05, 4.69) is 5.32 Å². The Balaban J connectivity index is 2.26. The third-order valence-corrected chi connectivity index (χ3v) is 4.48. The van der Waals surface area contributed by atoms with Crippen molar-refractivity contribution >= 4 is 5.97 Å². The van der Waals surface area contributed by atoms with Gasteiger partial charge < -0.3 is 10.4 Å². The molecule has 3 nitrogen and oxygen atoms in total. The van der Waals surface area contributed by atoms with E-state index in [0.29, 0.717) is 24.0 Å². The first-order valence-corrected chi connectivity index (χ1v) is 7.48. The van der Waals surface area contributed by atoms with Crippen molar-refractivity contribution in [1.29, 1.82) is 0 Å². The fraction of sp³-hybridized carbons (Fsp3) is 0.278. The molecule has 1 aliphatic rings. The zero-order chi connectivity index (χ0) is 16.6. The summed E-state index contributed by atoms with van der Waals surface area (Å²) < 4.78 is 27.4. The van der Waals surface area contributed by atoms with Crippen LogP contribution in [0.25, 0.3) is 0 Å². The van der Waals surface area contributed by atoms with E-state index < -0.39 is 29.6 Å². The maximum Gasteiger partial charge on any atom is 0.321 e. The number of nitrogens with one attached hydrogen (secondary N) is 1. The Labute approximate surface area is 133 Å². The van der Waals surface area contributed by atoms with Gasteiger partial charge in [-0.3, -0.25) is 4.79 Å². The molecule has 2 atom stereocenters. The second-order valence-electron chi connectivity index (χ2n) is 5.75. The average Bonchev–Trinajstić information content (AvgIpc) is 2.67. The van der Waals surface area contributed by atoms with Gasteiger partial charge >= 0.3 is 5.97 Å². The molecular weight excluding hydrogens is 300 g/mol. The van der Waals surface area contributed by atoms with E-state index in [-0.39, 0.29) is 0 Å². The number of carbonyl (C=O) groups is 1. The Kier molecular flexibility index (Phi) is 4.13. The summed E-state index contributed by atoms with van der Waals surface area (Å²) >= 11 is 0. The van der Waals surface area contributed by atoms with Crippen LogP contribution in [0.4, 0.5) is 8.78 Å². The van der Waals surface area contributed by atoms with Crippen LogP contribution in [-0.4, -0.2) is 24.2 Å². The van der Waals surface area contributed by atoms with Crippen LogP contribution in [0.15, 0.2) is 36.4 Å². The minimum atomic E-state index is -1.02. The lowest BCUT2D eigenvalue weighted by molar-refractivity contribution is -0.139. The van der Waals surface area contributed by atoms with E-state index >= 15 is 0 Å². The molecule has 0 radical (unpaired) electrons. The minimum Gasteiger partial charge on any atom is -0.480 e. The van der Waals surface area contributed by atoms with Crippen molar-refractivity contribution in [2.45, 2.75) is 24.8 Å². The lowest BCUT2D eigenvalue weighted by Gasteiger charge is -2.26. The van der Waals surface area contributed by atoms with Crippen molar-refractivity contribution in [3.8, 4) is 0 Å². The molecule has 2 aromatic rings. The largest absolute Gasteiger partial charge is 0.480 e. The van der Waals surface area contributed by atoms with Crippen molar-refractivity contribution in [1.82, 2.24) is 5.32 Å². The monoisotopic (exact) mass is 317 g/mol. The van der Waals surface area contributed by atoms with Crippen LogP contribution in [0, 0.1) is 11.6 Å². The molecule has 2 aromatic carbocycles. The first-order valence-electron chi connectivity index (χ1n) is 7.48. The summed E-state index contributed by atoms with van der Waals surface area (Å²) in [6.07, 6.45) is 1.22. The number of hydrogen-bond acceptors (Lipinski definition) is 2. The molecule has 0 aromatic heterocycles. The molecule has 5 heteroatoms. The van der Waals surface area contributed by atoms with Gasteiger partial charge in [-0.15, -0.1) is 0 Å². The second kappa shape index (κ2) is 6.08. The number of aliphatic carboxylic acids is 1. The average molecular weight is 317 g/mol. The van der Waals surface area contributed by atoms with Crippen molar-refractivity contribution in [3.63, 3.8) is 0 Å². The van der Waals surface area contributed by atoms with Gasteiger partial charge in [0.25, 0.3) is 0 Å². The van der Waals surface area contributed by atoms with E-state index in [9.17, 15) is 18.7 Å². The Morgan fingerprint density at radius 3 is 2.48 bits per heavy atom. The molecule has 0 fully saturated rings. The number of aryl methyl sites for hydroxylation is 2. The number of halogens is 2. The molecule has 23 heavy (non-hydrogen) atoms. The van der Waals surface area contributed by atoms with Gasteiger partial charge in [0.2, 0.25) is 0 Å². The second-order valence-corrected chi connectivity index (χ2v) is 5.75. The summed E-state index contributed by atoms with van der Waals surface area (Å²) in [5.74, 6) is -3.44. The van der Waals surface area contributed by atoms with Gasteiger partial charge in [0.15, 0.2) is 11.6 Å². The van der Waals surface area contributed by atoms with Gasteiger partial charge in [-0.1, -0.05) is 24.3 Å². The Morgan fingerprint density at radius 2 is 1.78 bits per heavy atom. The van der Waals surface area contributed by atoms with Gasteiger partial charge in [-0.2, -0.15) is 0 Å². The summed E-state index contributed by atoms with van der Waals surface area (Å²) in [4.78, 5) is 11.7. The van der Waals surface area contributed by atoms with Crippen molar-refractivity contribution in [2.75, 3.05) is 7.05 Å². The summed E-state index contributed by atoms with van der Waals surface area (Å²) in [5, 5.41) is 12.4. The van der Waals surface area contributed by atoms with Crippen molar-refractivity contribution in [2.24, 2.45) is 0 Å². The fourth-order valence-electron chi connectivity index (χ4n) is 3.40. The number of hydrogen-bond donors (Lipinski definition) is 2. The van der Waals surface area contributed by atoms with Crippen LogP contribution in [0.2, 0.25) is 0 Å². The minimum absolute atomic E-state index is 0.538. The van der Waals surface area contributed by atoms with E-state index in [1.54, 1.807) is 7.05 Å². The summed E-state index contributed by atoms with van der Waals surface area (Å²) in [7, 11) is 1.56. The molecule has 120 valence electrons. The Hall–Kier alpha value is -2.27. The first-order chi connectivity index (χ1) is 11.0. The van der Waals surface area contributed by atoms with Crippen LogP contribution >= 0.6 is 0 Å². The van der Waals surface area contributed by atoms with Gasteiger partial charge in [0.05, 0.1) is 0 Å². The van der Waals surface area contributed by atoms with E-state index in [4.69, 9.17) is 0 Å². The van der Waals surface area contributed by atoms with Gasteiger partial charge in [-0.05, 0) is 54.3 Å². The number of likely N-dealkylation sites (N-methyl/N-ethyl adjacent to an activating group) is 1. The highest BCUT2D eigenvalue weighted by atomic mass is 19.2. The standard InChI is InChI=1S/C18H17F2NO2/c1-21-17(18(22)23)16-12-5-3-2-4-10(12)6-7-11-8-14(19)15(20)9-13(11)16/h2-5,8-9,16-17,21H,6-7H2,1H3,(H,22,23). The van der Waals surface area contributed by atoms with E-state index in [1.807, 2.05) is 24.3 Å². The zero-order valence-corrected chi connectivity index (χ0v) is 12.6. The predicted molar refractivity (Wildman–Crippen MR) is 82.5 cm³/mol. The third kappa shape index (κ3) is 2.72. The molecule has 2 unspecified atom stereocenters. The first kappa shape index (κ1) is 15.6. The van der Waals surface area contributed by atoms with E-state index in [0.717, 1.165) is 17.2 Å². The molecular formula is C18H17F2NO2. The zero-order valence-electron chi connectivity index (χ0n) is 12.6. The molecule has 2 N–H and O–H groups in total. The number of fused-ring (bicyclic) bond motifs is 2. The lowest BCUT2D eigenvalue weighted by atomic mass is 9.82. The van der Waals surface area contributed by atoms with Crippen molar-refractivity contribution in [3.05, 3.63) is 70.3 Å². The SMILES string of the molecule is CNC(C(=O)O)C1c2ccccc2CCc2cc(F)c(F)cc21. The molecule has 0 saturated carbocycles. The highest BCUT2D eigenvalue weighted by Gasteiger charge is 2.34. The molecule has 0 amide bonds. The number of carboxylic acids is 1. The van der Waals surface area contributed by atoms with Crippen LogP contribution in [-0.2, 0) is 17.6 Å². The molecule has 0 aliphatic heterocycles. The third-order valence-electron chi connectivity index (χ3n) is 4.48. The Bertz CT molecular complexity index is 761. The quantitative estimate of drug-likeness (QED) is 0.915. The summed E-state index contributed by atoms with van der Waals surface area (Å²) in [6.45, 7) is 0. The maximum atomic E-state index is 13.8. The van der Waals surface area contributed by atoms with Crippen LogP contribution in [0.5, 0.6) is 0 Å². The smallest absolute Gasteiger partial charge is 0.321 e.